The maximum Gasteiger partial charge on any atom is 0.318 e. The first-order chi connectivity index (χ1) is 9.37. The van der Waals surface area contributed by atoms with Crippen LogP contribution in [0.25, 0.3) is 0 Å². The number of hydrogen-bond donors (Lipinski definition) is 2. The van der Waals surface area contributed by atoms with Crippen LogP contribution in [0, 0.1) is 0 Å². The van der Waals surface area contributed by atoms with Gasteiger partial charge in [-0.3, -0.25) is 4.79 Å². The van der Waals surface area contributed by atoms with Crippen molar-refractivity contribution in [2.45, 2.75) is 75.8 Å². The zero-order valence-electron chi connectivity index (χ0n) is 12.6. The summed E-state index contributed by atoms with van der Waals surface area (Å²) in [6, 6.07) is -0.115. The Hall–Kier alpha value is -1.26. The van der Waals surface area contributed by atoms with Gasteiger partial charge in [0.05, 0.1) is 12.0 Å². The molecule has 2 aliphatic carbocycles. The normalized spacial score (nSPS) is 23.5. The molecule has 0 unspecified atom stereocenters. The van der Waals surface area contributed by atoms with Crippen LogP contribution in [-0.2, 0) is 4.79 Å². The van der Waals surface area contributed by atoms with Crippen LogP contribution < -0.4 is 5.32 Å². The third kappa shape index (κ3) is 3.07. The average molecular weight is 282 g/mol. The van der Waals surface area contributed by atoms with Crippen LogP contribution in [0.5, 0.6) is 0 Å². The number of aliphatic carboxylic acids is 1. The van der Waals surface area contributed by atoms with Crippen molar-refractivity contribution < 1.29 is 14.7 Å². The minimum atomic E-state index is -0.818. The molecule has 0 aromatic carbocycles. The van der Waals surface area contributed by atoms with Gasteiger partial charge in [0.25, 0.3) is 0 Å². The van der Waals surface area contributed by atoms with Gasteiger partial charge in [0.1, 0.15) is 0 Å². The number of urea groups is 1. The van der Waals surface area contributed by atoms with Gasteiger partial charge in [0.2, 0.25) is 0 Å². The highest BCUT2D eigenvalue weighted by Crippen LogP contribution is 2.37. The fourth-order valence-corrected chi connectivity index (χ4v) is 3.51. The Balaban J connectivity index is 2.06. The number of nitrogens with zero attached hydrogens (tertiary/aromatic N) is 1. The quantitative estimate of drug-likeness (QED) is 0.833. The molecule has 2 aliphatic rings. The lowest BCUT2D eigenvalue weighted by Gasteiger charge is -2.46. The molecule has 2 saturated carbocycles. The SMILES string of the molecule is CN(C(=O)NC1(C)CCC1)C1(CC(=O)O)CCCCC1. The van der Waals surface area contributed by atoms with Crippen LogP contribution in [-0.4, -0.2) is 40.1 Å². The number of rotatable bonds is 4. The number of hydrogen-bond acceptors (Lipinski definition) is 2. The summed E-state index contributed by atoms with van der Waals surface area (Å²) >= 11 is 0. The van der Waals surface area contributed by atoms with Crippen molar-refractivity contribution in [2.75, 3.05) is 7.05 Å². The summed E-state index contributed by atoms with van der Waals surface area (Å²) in [4.78, 5) is 25.3. The fraction of sp³-hybridized carbons (Fsp3) is 0.867. The molecule has 2 fully saturated rings. The summed E-state index contributed by atoms with van der Waals surface area (Å²) in [5.74, 6) is -0.818. The Bertz CT molecular complexity index is 385. The fourth-order valence-electron chi connectivity index (χ4n) is 3.51. The van der Waals surface area contributed by atoms with Gasteiger partial charge in [-0.2, -0.15) is 0 Å². The zero-order valence-corrected chi connectivity index (χ0v) is 12.6. The molecule has 0 aliphatic heterocycles. The van der Waals surface area contributed by atoms with E-state index in [0.29, 0.717) is 0 Å². The van der Waals surface area contributed by atoms with Crippen LogP contribution in [0.4, 0.5) is 4.79 Å². The Morgan fingerprint density at radius 3 is 2.15 bits per heavy atom. The summed E-state index contributed by atoms with van der Waals surface area (Å²) in [7, 11) is 1.76. The standard InChI is InChI=1S/C15H26N2O3/c1-14(7-6-8-14)16-13(20)17(2)15(11-12(18)19)9-4-3-5-10-15/h3-11H2,1-2H3,(H,16,20)(H,18,19). The molecule has 2 N–H and O–H groups in total. The summed E-state index contributed by atoms with van der Waals surface area (Å²) in [6.45, 7) is 2.06. The lowest BCUT2D eigenvalue weighted by atomic mass is 9.77. The van der Waals surface area contributed by atoms with E-state index in [9.17, 15) is 14.7 Å². The summed E-state index contributed by atoms with van der Waals surface area (Å²) in [6.07, 6.45) is 7.95. The molecule has 0 saturated heterocycles. The molecule has 0 bridgehead atoms. The maximum absolute atomic E-state index is 12.5. The lowest BCUT2D eigenvalue weighted by Crippen LogP contribution is -2.60. The number of nitrogens with one attached hydrogen (secondary N) is 1. The number of carbonyl (C=O) groups is 2. The third-order valence-electron chi connectivity index (χ3n) is 5.15. The van der Waals surface area contributed by atoms with Crippen LogP contribution in [0.1, 0.15) is 64.7 Å². The van der Waals surface area contributed by atoms with Gasteiger partial charge in [-0.05, 0) is 39.0 Å². The van der Waals surface area contributed by atoms with E-state index in [2.05, 4.69) is 12.2 Å². The van der Waals surface area contributed by atoms with Gasteiger partial charge in [-0.25, -0.2) is 4.79 Å². The van der Waals surface area contributed by atoms with Crippen molar-refractivity contribution in [2.24, 2.45) is 0 Å². The molecule has 5 heteroatoms. The topological polar surface area (TPSA) is 69.6 Å². The first-order valence-electron chi connectivity index (χ1n) is 7.65. The molecule has 0 atom stereocenters. The molecule has 5 nitrogen and oxygen atoms in total. The monoisotopic (exact) mass is 282 g/mol. The van der Waals surface area contributed by atoms with Crippen molar-refractivity contribution in [1.29, 1.82) is 0 Å². The van der Waals surface area contributed by atoms with Crippen LogP contribution >= 0.6 is 0 Å². The second-order valence-corrected chi connectivity index (χ2v) is 6.76. The van der Waals surface area contributed by atoms with Crippen molar-refractivity contribution in [3.63, 3.8) is 0 Å². The van der Waals surface area contributed by atoms with Gasteiger partial charge >= 0.3 is 12.0 Å². The molecule has 0 aromatic heterocycles. The second kappa shape index (κ2) is 5.62. The summed E-state index contributed by atoms with van der Waals surface area (Å²) in [5, 5.41) is 12.3. The van der Waals surface area contributed by atoms with E-state index in [1.807, 2.05) is 0 Å². The molecule has 20 heavy (non-hydrogen) atoms. The predicted molar refractivity (Wildman–Crippen MR) is 76.6 cm³/mol. The highest BCUT2D eigenvalue weighted by atomic mass is 16.4. The molecular formula is C15H26N2O3. The second-order valence-electron chi connectivity index (χ2n) is 6.76. The highest BCUT2D eigenvalue weighted by molar-refractivity contribution is 5.77. The Morgan fingerprint density at radius 1 is 1.10 bits per heavy atom. The maximum atomic E-state index is 12.5. The van der Waals surface area contributed by atoms with Crippen molar-refractivity contribution in [3.8, 4) is 0 Å². The van der Waals surface area contributed by atoms with Crippen LogP contribution in [0.15, 0.2) is 0 Å². The molecule has 0 heterocycles. The van der Waals surface area contributed by atoms with E-state index >= 15 is 0 Å². The lowest BCUT2D eigenvalue weighted by molar-refractivity contribution is -0.140. The summed E-state index contributed by atoms with van der Waals surface area (Å²) < 4.78 is 0. The van der Waals surface area contributed by atoms with E-state index in [4.69, 9.17) is 0 Å². The minimum absolute atomic E-state index is 0.0492. The van der Waals surface area contributed by atoms with E-state index in [-0.39, 0.29) is 18.0 Å². The van der Waals surface area contributed by atoms with E-state index < -0.39 is 11.5 Å². The van der Waals surface area contributed by atoms with Gasteiger partial charge in [0.15, 0.2) is 0 Å². The van der Waals surface area contributed by atoms with Gasteiger partial charge < -0.3 is 15.3 Å². The van der Waals surface area contributed by atoms with E-state index in [1.165, 1.54) is 0 Å². The smallest absolute Gasteiger partial charge is 0.318 e. The van der Waals surface area contributed by atoms with Gasteiger partial charge in [-0.15, -0.1) is 0 Å². The number of carboxylic acids is 1. The average Bonchev–Trinajstić information content (AvgIpc) is 2.36. The highest BCUT2D eigenvalue weighted by Gasteiger charge is 2.42. The molecular weight excluding hydrogens is 256 g/mol. The molecule has 0 aromatic rings. The van der Waals surface area contributed by atoms with Gasteiger partial charge in [0, 0.05) is 12.6 Å². The molecule has 2 rings (SSSR count). The summed E-state index contributed by atoms with van der Waals surface area (Å²) in [5.41, 5.74) is -0.599. The number of carbonyl (C=O) groups excluding carboxylic acids is 1. The van der Waals surface area contributed by atoms with Crippen molar-refractivity contribution in [3.05, 3.63) is 0 Å². The van der Waals surface area contributed by atoms with Crippen molar-refractivity contribution in [1.82, 2.24) is 10.2 Å². The number of amides is 2. The molecule has 114 valence electrons. The largest absolute Gasteiger partial charge is 0.481 e. The van der Waals surface area contributed by atoms with E-state index in [0.717, 1.165) is 51.4 Å². The Labute approximate surface area is 120 Å². The molecule has 0 radical (unpaired) electrons. The van der Waals surface area contributed by atoms with Crippen LogP contribution in [0.3, 0.4) is 0 Å². The zero-order chi connectivity index (χ0) is 14.8. The minimum Gasteiger partial charge on any atom is -0.481 e. The van der Waals surface area contributed by atoms with E-state index in [1.54, 1.807) is 11.9 Å². The van der Waals surface area contributed by atoms with Crippen molar-refractivity contribution >= 4 is 12.0 Å². The first-order valence-corrected chi connectivity index (χ1v) is 7.65. The molecule has 2 amide bonds. The number of carboxylic acid groups (broad SMARTS) is 1. The third-order valence-corrected chi connectivity index (χ3v) is 5.15. The first kappa shape index (κ1) is 15.1. The van der Waals surface area contributed by atoms with Gasteiger partial charge in [-0.1, -0.05) is 19.3 Å². The predicted octanol–water partition coefficient (Wildman–Crippen LogP) is 2.75. The van der Waals surface area contributed by atoms with Crippen LogP contribution in [0.2, 0.25) is 0 Å². The Kier molecular flexibility index (Phi) is 4.25. The molecule has 0 spiro atoms. The Morgan fingerprint density at radius 2 is 1.70 bits per heavy atom.